The number of benzene rings is 1. The second kappa shape index (κ2) is 8.23. The first kappa shape index (κ1) is 21.4. The summed E-state index contributed by atoms with van der Waals surface area (Å²) in [6.45, 7) is 4.80. The van der Waals surface area contributed by atoms with E-state index in [2.05, 4.69) is 10.3 Å². The molecule has 1 saturated carbocycles. The lowest BCUT2D eigenvalue weighted by Crippen LogP contribution is -2.45. The number of rotatable bonds is 6. The molecule has 0 unspecified atom stereocenters. The van der Waals surface area contributed by atoms with Crippen LogP contribution in [0.5, 0.6) is 0 Å². The molecule has 1 aromatic carbocycles. The number of sulfone groups is 1. The number of anilines is 1. The maximum atomic E-state index is 13.5. The molecular formula is C20H24N2O5S2. The van der Waals surface area contributed by atoms with Crippen LogP contribution in [0.4, 0.5) is 5.13 Å². The Morgan fingerprint density at radius 1 is 1.24 bits per heavy atom. The Morgan fingerprint density at radius 3 is 2.59 bits per heavy atom. The summed E-state index contributed by atoms with van der Waals surface area (Å²) in [6.07, 6.45) is 1.80. The number of thiazole rings is 1. The summed E-state index contributed by atoms with van der Waals surface area (Å²) in [6, 6.07) is 5.23. The zero-order valence-corrected chi connectivity index (χ0v) is 18.3. The van der Waals surface area contributed by atoms with Crippen LogP contribution in [-0.2, 0) is 30.8 Å². The summed E-state index contributed by atoms with van der Waals surface area (Å²) >= 11 is 1.21. The van der Waals surface area contributed by atoms with E-state index in [9.17, 15) is 18.0 Å². The van der Waals surface area contributed by atoms with Gasteiger partial charge in [0.05, 0.1) is 10.6 Å². The third-order valence-electron chi connectivity index (χ3n) is 5.12. The Morgan fingerprint density at radius 2 is 1.93 bits per heavy atom. The first-order chi connectivity index (χ1) is 13.7. The van der Waals surface area contributed by atoms with Gasteiger partial charge in [-0.3, -0.25) is 9.59 Å². The van der Waals surface area contributed by atoms with Crippen LogP contribution in [0.1, 0.15) is 49.4 Å². The highest BCUT2D eigenvalue weighted by Gasteiger charge is 2.54. The quantitative estimate of drug-likeness (QED) is 0.695. The zero-order valence-electron chi connectivity index (χ0n) is 16.6. The van der Waals surface area contributed by atoms with Gasteiger partial charge in [0.2, 0.25) is 5.91 Å². The first-order valence-electron chi connectivity index (χ1n) is 9.37. The van der Waals surface area contributed by atoms with Crippen molar-refractivity contribution in [1.82, 2.24) is 4.98 Å². The van der Waals surface area contributed by atoms with Crippen LogP contribution in [0.25, 0.3) is 0 Å². The number of carbonyl (C=O) groups excluding carboxylic acids is 2. The van der Waals surface area contributed by atoms with Crippen molar-refractivity contribution in [3.8, 4) is 0 Å². The number of carbonyl (C=O) groups is 2. The molecule has 1 N–H and O–H groups in total. The molecule has 7 nitrogen and oxygen atoms in total. The fourth-order valence-electron chi connectivity index (χ4n) is 3.59. The molecule has 1 amide bonds. The van der Waals surface area contributed by atoms with Crippen molar-refractivity contribution in [3.05, 3.63) is 40.4 Å². The summed E-state index contributed by atoms with van der Waals surface area (Å²) in [5.74, 6) is -0.975. The SMILES string of the molecule is CC(=O)Nc1nc(COC(=O)C2(S(=O)(=O)c3cc(C)ccc3C)CCCC2)cs1. The van der Waals surface area contributed by atoms with Crippen LogP contribution in [0.15, 0.2) is 28.5 Å². The van der Waals surface area contributed by atoms with E-state index < -0.39 is 20.6 Å². The van der Waals surface area contributed by atoms with E-state index in [1.165, 1.54) is 18.3 Å². The Hall–Kier alpha value is -2.26. The first-order valence-corrected chi connectivity index (χ1v) is 11.7. The predicted octanol–water partition coefficient (Wildman–Crippen LogP) is 3.55. The van der Waals surface area contributed by atoms with Gasteiger partial charge in [-0.25, -0.2) is 13.4 Å². The van der Waals surface area contributed by atoms with Crippen molar-refractivity contribution in [2.75, 3.05) is 5.32 Å². The van der Waals surface area contributed by atoms with Gasteiger partial charge < -0.3 is 10.1 Å². The molecule has 2 aromatic rings. The molecule has 0 atom stereocenters. The van der Waals surface area contributed by atoms with E-state index in [-0.39, 0.29) is 30.3 Å². The van der Waals surface area contributed by atoms with Gasteiger partial charge in [-0.15, -0.1) is 11.3 Å². The van der Waals surface area contributed by atoms with Gasteiger partial charge >= 0.3 is 5.97 Å². The second-order valence-corrected chi connectivity index (χ2v) is 10.5. The topological polar surface area (TPSA) is 102 Å². The third kappa shape index (κ3) is 4.20. The Kier molecular flexibility index (Phi) is 6.09. The van der Waals surface area contributed by atoms with E-state index in [0.29, 0.717) is 29.2 Å². The Balaban J connectivity index is 1.84. The minimum absolute atomic E-state index is 0.140. The van der Waals surface area contributed by atoms with Gasteiger partial charge in [0, 0.05) is 12.3 Å². The summed E-state index contributed by atoms with van der Waals surface area (Å²) in [7, 11) is -3.92. The van der Waals surface area contributed by atoms with Gasteiger partial charge in [0.1, 0.15) is 6.61 Å². The summed E-state index contributed by atoms with van der Waals surface area (Å²) in [4.78, 5) is 28.5. The number of aromatic nitrogens is 1. The molecule has 1 aromatic heterocycles. The highest BCUT2D eigenvalue weighted by molar-refractivity contribution is 7.93. The Labute approximate surface area is 174 Å². The molecule has 3 rings (SSSR count). The van der Waals surface area contributed by atoms with E-state index in [0.717, 1.165) is 5.56 Å². The summed E-state index contributed by atoms with van der Waals surface area (Å²) in [5.41, 5.74) is 1.90. The molecule has 1 aliphatic rings. The largest absolute Gasteiger partial charge is 0.458 e. The van der Waals surface area contributed by atoms with Crippen molar-refractivity contribution < 1.29 is 22.7 Å². The lowest BCUT2D eigenvalue weighted by atomic mass is 10.1. The summed E-state index contributed by atoms with van der Waals surface area (Å²) in [5, 5.41) is 4.64. The van der Waals surface area contributed by atoms with Crippen LogP contribution in [0.3, 0.4) is 0 Å². The van der Waals surface area contributed by atoms with Gasteiger partial charge in [0.15, 0.2) is 19.7 Å². The lowest BCUT2D eigenvalue weighted by molar-refractivity contribution is -0.148. The van der Waals surface area contributed by atoms with Crippen molar-refractivity contribution >= 4 is 38.2 Å². The maximum absolute atomic E-state index is 13.5. The number of nitrogens with zero attached hydrogens (tertiary/aromatic N) is 1. The Bertz CT molecular complexity index is 1040. The van der Waals surface area contributed by atoms with Crippen molar-refractivity contribution in [1.29, 1.82) is 0 Å². The molecule has 0 radical (unpaired) electrons. The molecule has 0 bridgehead atoms. The zero-order chi connectivity index (χ0) is 21.2. The van der Waals surface area contributed by atoms with Crippen molar-refractivity contribution in [3.63, 3.8) is 0 Å². The van der Waals surface area contributed by atoms with Gasteiger partial charge in [-0.2, -0.15) is 0 Å². The smallest absolute Gasteiger partial charge is 0.328 e. The monoisotopic (exact) mass is 436 g/mol. The highest BCUT2D eigenvalue weighted by atomic mass is 32.2. The van der Waals surface area contributed by atoms with E-state index in [4.69, 9.17) is 4.74 Å². The highest BCUT2D eigenvalue weighted by Crippen LogP contribution is 2.42. The number of esters is 1. The van der Waals surface area contributed by atoms with Gasteiger partial charge in [-0.1, -0.05) is 25.0 Å². The van der Waals surface area contributed by atoms with Gasteiger partial charge in [0.25, 0.3) is 0 Å². The van der Waals surface area contributed by atoms with Crippen LogP contribution in [-0.4, -0.2) is 30.0 Å². The van der Waals surface area contributed by atoms with Crippen molar-refractivity contribution in [2.45, 2.75) is 62.7 Å². The van der Waals surface area contributed by atoms with Gasteiger partial charge in [-0.05, 0) is 43.9 Å². The molecule has 1 fully saturated rings. The number of ether oxygens (including phenoxy) is 1. The fraction of sp³-hybridized carbons (Fsp3) is 0.450. The second-order valence-electron chi connectivity index (χ2n) is 7.38. The molecule has 0 aliphatic heterocycles. The number of aryl methyl sites for hydroxylation is 2. The number of amides is 1. The van der Waals surface area contributed by atoms with E-state index in [1.807, 2.05) is 13.0 Å². The van der Waals surface area contributed by atoms with Crippen molar-refractivity contribution in [2.24, 2.45) is 0 Å². The number of hydrogen-bond donors (Lipinski definition) is 1. The molecular weight excluding hydrogens is 412 g/mol. The van der Waals surface area contributed by atoms with Crippen LogP contribution < -0.4 is 5.32 Å². The molecule has 1 aliphatic carbocycles. The maximum Gasteiger partial charge on any atom is 0.328 e. The minimum atomic E-state index is -3.92. The van der Waals surface area contributed by atoms with Crippen LogP contribution >= 0.6 is 11.3 Å². The predicted molar refractivity (Wildman–Crippen MR) is 111 cm³/mol. The number of nitrogens with one attached hydrogen (secondary N) is 1. The summed E-state index contributed by atoms with van der Waals surface area (Å²) < 4.78 is 30.9. The molecule has 156 valence electrons. The lowest BCUT2D eigenvalue weighted by Gasteiger charge is -2.27. The standard InChI is InChI=1S/C20H24N2O5S2/c1-13-6-7-14(2)17(10-13)29(25,26)20(8-4-5-9-20)18(24)27-11-16-12-28-19(22-16)21-15(3)23/h6-7,10,12H,4-5,8-9,11H2,1-3H3,(H,21,22,23). The molecule has 1 heterocycles. The molecule has 0 saturated heterocycles. The molecule has 9 heteroatoms. The van der Waals surface area contributed by atoms with Crippen LogP contribution in [0, 0.1) is 13.8 Å². The average Bonchev–Trinajstić information content (AvgIpc) is 3.31. The number of hydrogen-bond acceptors (Lipinski definition) is 7. The minimum Gasteiger partial charge on any atom is -0.458 e. The average molecular weight is 437 g/mol. The third-order valence-corrected chi connectivity index (χ3v) is 8.55. The normalized spacial score (nSPS) is 15.8. The van der Waals surface area contributed by atoms with E-state index >= 15 is 0 Å². The van der Waals surface area contributed by atoms with E-state index in [1.54, 1.807) is 24.4 Å². The van der Waals surface area contributed by atoms with Crippen LogP contribution in [0.2, 0.25) is 0 Å². The fourth-order valence-corrected chi connectivity index (χ4v) is 6.69. The molecule has 29 heavy (non-hydrogen) atoms. The molecule has 0 spiro atoms.